The van der Waals surface area contributed by atoms with Gasteiger partial charge in [-0.05, 0) is 32.3 Å². The molecule has 10 nitrogen and oxygen atoms in total. The number of ether oxygens (including phenoxy) is 1. The van der Waals surface area contributed by atoms with Gasteiger partial charge in [0.1, 0.15) is 17.9 Å². The molecule has 194 valence electrons. The van der Waals surface area contributed by atoms with Crippen LogP contribution in [0.5, 0.6) is 0 Å². The van der Waals surface area contributed by atoms with Gasteiger partial charge in [0.25, 0.3) is 8.53 Å². The number of rotatable bonds is 7. The Bertz CT molecular complexity index is 1160. The van der Waals surface area contributed by atoms with Gasteiger partial charge in [0.2, 0.25) is 0 Å². The van der Waals surface area contributed by atoms with E-state index >= 15 is 0 Å². The average Bonchev–Trinajstić information content (AvgIpc) is 3.57. The van der Waals surface area contributed by atoms with E-state index in [9.17, 15) is 9.90 Å². The van der Waals surface area contributed by atoms with Crippen LogP contribution < -0.4 is 5.69 Å². The molecular formula is C25H34N5O5P. The average molecular weight is 516 g/mol. The topological polar surface area (TPSA) is 102 Å². The Hall–Kier alpha value is -2.20. The molecule has 4 heterocycles. The third-order valence-corrected chi connectivity index (χ3v) is 8.98. The predicted octanol–water partition coefficient (Wildman–Crippen LogP) is 3.08. The van der Waals surface area contributed by atoms with E-state index in [0.29, 0.717) is 12.2 Å². The van der Waals surface area contributed by atoms with Gasteiger partial charge >= 0.3 is 5.69 Å². The maximum atomic E-state index is 12.8. The zero-order valence-corrected chi connectivity index (χ0v) is 22.0. The molecule has 3 aliphatic rings. The summed E-state index contributed by atoms with van der Waals surface area (Å²) < 4.78 is 23.0. The number of fused-ring (bicyclic) bond motifs is 1. The molecule has 3 saturated heterocycles. The smallest absolute Gasteiger partial charge is 0.351 e. The molecule has 0 unspecified atom stereocenters. The van der Waals surface area contributed by atoms with Gasteiger partial charge in [0, 0.05) is 38.8 Å². The number of nitrogens with zero attached hydrogens (tertiary/aromatic N) is 5. The minimum atomic E-state index is -1.34. The first-order valence-corrected chi connectivity index (χ1v) is 13.5. The van der Waals surface area contributed by atoms with Crippen LogP contribution in [0.2, 0.25) is 0 Å². The first-order valence-electron chi connectivity index (χ1n) is 12.3. The molecule has 36 heavy (non-hydrogen) atoms. The SMILES string of the molecule is Cc1cn([C@H]2C[C@@H](O[P@]3O[C@@](C)(c4ccccc4)[C@H]4CCCN43)[C@@H](CO)O2)c(=O)nc1N=CN(C)C. The zero-order chi connectivity index (χ0) is 25.4. The molecule has 3 fully saturated rings. The Morgan fingerprint density at radius 2 is 2.14 bits per heavy atom. The largest absolute Gasteiger partial charge is 0.394 e. The van der Waals surface area contributed by atoms with Crippen molar-refractivity contribution in [3.05, 3.63) is 58.1 Å². The van der Waals surface area contributed by atoms with Crippen LogP contribution in [0.4, 0.5) is 5.82 Å². The van der Waals surface area contributed by atoms with Crippen molar-refractivity contribution in [1.82, 2.24) is 19.1 Å². The van der Waals surface area contributed by atoms with E-state index in [2.05, 4.69) is 33.7 Å². The summed E-state index contributed by atoms with van der Waals surface area (Å²) in [7, 11) is 2.36. The minimum absolute atomic E-state index is 0.212. The second-order valence-electron chi connectivity index (χ2n) is 9.96. The van der Waals surface area contributed by atoms with E-state index in [1.165, 1.54) is 4.57 Å². The number of aliphatic imine (C=N–C) groups is 1. The van der Waals surface area contributed by atoms with E-state index in [0.717, 1.165) is 30.5 Å². The number of aliphatic hydroxyl groups is 1. The summed E-state index contributed by atoms with van der Waals surface area (Å²) in [5.74, 6) is 0.373. The van der Waals surface area contributed by atoms with Gasteiger partial charge in [-0.25, -0.2) is 14.5 Å². The molecule has 0 aliphatic carbocycles. The Labute approximate surface area is 212 Å². The predicted molar refractivity (Wildman–Crippen MR) is 137 cm³/mol. The van der Waals surface area contributed by atoms with Crippen molar-refractivity contribution >= 4 is 20.7 Å². The van der Waals surface area contributed by atoms with Crippen LogP contribution in [0.25, 0.3) is 0 Å². The summed E-state index contributed by atoms with van der Waals surface area (Å²) in [6, 6.07) is 10.5. The second kappa shape index (κ2) is 10.3. The summed E-state index contributed by atoms with van der Waals surface area (Å²) in [6.45, 7) is 4.70. The lowest BCUT2D eigenvalue weighted by atomic mass is 9.87. The Kier molecular flexibility index (Phi) is 7.27. The monoisotopic (exact) mass is 515 g/mol. The molecule has 1 aromatic heterocycles. The van der Waals surface area contributed by atoms with E-state index < -0.39 is 38.3 Å². The molecule has 6 atom stereocenters. The molecule has 5 rings (SSSR count). The van der Waals surface area contributed by atoms with Crippen LogP contribution in [-0.2, 0) is 19.4 Å². The summed E-state index contributed by atoms with van der Waals surface area (Å²) in [5, 5.41) is 10.1. The normalized spacial score (nSPS) is 32.4. The maximum absolute atomic E-state index is 12.8. The van der Waals surface area contributed by atoms with Crippen molar-refractivity contribution in [2.24, 2.45) is 4.99 Å². The first-order chi connectivity index (χ1) is 17.3. The van der Waals surface area contributed by atoms with E-state index in [4.69, 9.17) is 13.8 Å². The molecule has 0 radical (unpaired) electrons. The number of hydrogen-bond acceptors (Lipinski definition) is 8. The Morgan fingerprint density at radius 3 is 2.86 bits per heavy atom. The zero-order valence-electron chi connectivity index (χ0n) is 21.1. The fourth-order valence-corrected chi connectivity index (χ4v) is 7.35. The van der Waals surface area contributed by atoms with Crippen molar-refractivity contribution in [2.45, 2.75) is 63.2 Å². The van der Waals surface area contributed by atoms with Crippen molar-refractivity contribution in [3.8, 4) is 0 Å². The van der Waals surface area contributed by atoms with Gasteiger partial charge < -0.3 is 23.8 Å². The summed E-state index contributed by atoms with van der Waals surface area (Å²) >= 11 is 0. The highest BCUT2D eigenvalue weighted by Gasteiger charge is 2.56. The molecule has 3 aliphatic heterocycles. The van der Waals surface area contributed by atoms with Gasteiger partial charge in [-0.1, -0.05) is 30.3 Å². The maximum Gasteiger partial charge on any atom is 0.351 e. The molecule has 1 aromatic carbocycles. The quantitative estimate of drug-likeness (QED) is 0.341. The minimum Gasteiger partial charge on any atom is -0.394 e. The van der Waals surface area contributed by atoms with E-state index in [1.807, 2.05) is 39.2 Å². The number of aromatic nitrogens is 2. The lowest BCUT2D eigenvalue weighted by molar-refractivity contribution is -0.0435. The Balaban J connectivity index is 1.34. The number of aryl methyl sites for hydroxylation is 1. The van der Waals surface area contributed by atoms with Crippen molar-refractivity contribution in [1.29, 1.82) is 0 Å². The summed E-state index contributed by atoms with van der Waals surface area (Å²) in [5.41, 5.74) is 0.980. The van der Waals surface area contributed by atoms with Gasteiger partial charge in [0.15, 0.2) is 5.82 Å². The summed E-state index contributed by atoms with van der Waals surface area (Å²) in [6.07, 6.45) is 4.29. The molecule has 1 N–H and O–H groups in total. The van der Waals surface area contributed by atoms with Crippen molar-refractivity contribution < 1.29 is 18.9 Å². The van der Waals surface area contributed by atoms with Crippen LogP contribution in [-0.4, -0.2) is 76.1 Å². The third-order valence-electron chi connectivity index (χ3n) is 7.10. The van der Waals surface area contributed by atoms with Crippen LogP contribution >= 0.6 is 8.53 Å². The highest BCUT2D eigenvalue weighted by atomic mass is 31.2. The van der Waals surface area contributed by atoms with Gasteiger partial charge in [-0.2, -0.15) is 4.98 Å². The molecule has 2 aromatic rings. The summed E-state index contributed by atoms with van der Waals surface area (Å²) in [4.78, 5) is 23.0. The van der Waals surface area contributed by atoms with Crippen LogP contribution in [0.1, 0.15) is 43.5 Å². The highest BCUT2D eigenvalue weighted by Crippen LogP contribution is 2.63. The van der Waals surface area contributed by atoms with Gasteiger partial charge in [-0.15, -0.1) is 0 Å². The molecule has 0 amide bonds. The second-order valence-corrected chi connectivity index (χ2v) is 11.3. The van der Waals surface area contributed by atoms with Crippen molar-refractivity contribution in [3.63, 3.8) is 0 Å². The molecule has 0 spiro atoms. The number of hydrogen-bond donors (Lipinski definition) is 1. The van der Waals surface area contributed by atoms with E-state index in [-0.39, 0.29) is 12.6 Å². The number of aliphatic hydroxyl groups excluding tert-OH is 1. The lowest BCUT2D eigenvalue weighted by Gasteiger charge is -2.29. The third kappa shape index (κ3) is 4.74. The Morgan fingerprint density at radius 1 is 1.36 bits per heavy atom. The van der Waals surface area contributed by atoms with E-state index in [1.54, 1.807) is 17.4 Å². The highest BCUT2D eigenvalue weighted by molar-refractivity contribution is 7.45. The molecule has 0 bridgehead atoms. The van der Waals surface area contributed by atoms with Crippen molar-refractivity contribution in [2.75, 3.05) is 27.2 Å². The molecular weight excluding hydrogens is 481 g/mol. The van der Waals surface area contributed by atoms with Crippen LogP contribution in [0.15, 0.2) is 46.3 Å². The van der Waals surface area contributed by atoms with Crippen LogP contribution in [0.3, 0.4) is 0 Å². The van der Waals surface area contributed by atoms with Crippen LogP contribution in [0, 0.1) is 6.92 Å². The molecule has 11 heteroatoms. The fourth-order valence-electron chi connectivity index (χ4n) is 5.21. The number of benzene rings is 1. The van der Waals surface area contributed by atoms with Gasteiger partial charge in [0.05, 0.1) is 25.1 Å². The lowest BCUT2D eigenvalue weighted by Crippen LogP contribution is -2.36. The standard InChI is InChI=1S/C25H34N5O5P/c1-17-14-29(24(32)27-23(17)26-16-28(3)4)22-13-19(20(15-31)33-22)34-36-30-12-8-11-21(30)25(2,35-36)18-9-6-5-7-10-18/h5-7,9-10,14,16,19-22,31H,8,11-13,15H2,1-4H3/t19-,20-,21-,22-,25+,36-/m1/s1. The molecule has 0 saturated carbocycles. The first kappa shape index (κ1) is 25.4. The van der Waals surface area contributed by atoms with Gasteiger partial charge in [-0.3, -0.25) is 4.57 Å². The fraction of sp³-hybridized carbons (Fsp3) is 0.560.